The van der Waals surface area contributed by atoms with Crippen molar-refractivity contribution in [2.75, 3.05) is 10.2 Å². The zero-order valence-electron chi connectivity index (χ0n) is 31.2. The van der Waals surface area contributed by atoms with E-state index in [-0.39, 0.29) is 6.23 Å². The van der Waals surface area contributed by atoms with Crippen molar-refractivity contribution in [3.63, 3.8) is 0 Å². The highest BCUT2D eigenvalue weighted by Gasteiger charge is 2.28. The van der Waals surface area contributed by atoms with E-state index in [9.17, 15) is 0 Å². The molecule has 9 aromatic carbocycles. The lowest BCUT2D eigenvalue weighted by Crippen LogP contribution is -2.10. The zero-order chi connectivity index (χ0) is 38.2. The first-order valence-corrected chi connectivity index (χ1v) is 20.4. The summed E-state index contributed by atoms with van der Waals surface area (Å²) < 4.78 is 15.5. The van der Waals surface area contributed by atoms with Crippen molar-refractivity contribution in [3.8, 4) is 28.0 Å². The van der Waals surface area contributed by atoms with Crippen LogP contribution in [0.4, 0.5) is 22.7 Å². The molecule has 0 amide bonds. The molecule has 1 unspecified atom stereocenters. The van der Waals surface area contributed by atoms with Crippen molar-refractivity contribution >= 4 is 87.0 Å². The van der Waals surface area contributed by atoms with Crippen LogP contribution in [0, 0.1) is 0 Å². The molecule has 0 spiro atoms. The Morgan fingerprint density at radius 1 is 0.483 bits per heavy atom. The lowest BCUT2D eigenvalue weighted by Gasteiger charge is -2.27. The van der Waals surface area contributed by atoms with E-state index in [1.807, 2.05) is 41.7 Å². The number of nitrogens with zero attached hydrogens (tertiary/aromatic N) is 1. The zero-order valence-corrected chi connectivity index (χ0v) is 32.0. The van der Waals surface area contributed by atoms with E-state index in [0.717, 1.165) is 67.1 Å². The van der Waals surface area contributed by atoms with Crippen LogP contribution in [-0.2, 0) is 0 Å². The third kappa shape index (κ3) is 5.28. The van der Waals surface area contributed by atoms with E-state index in [4.69, 9.17) is 9.15 Å². The quantitative estimate of drug-likeness (QED) is 0.183. The van der Waals surface area contributed by atoms with Gasteiger partial charge in [0.05, 0.1) is 16.8 Å². The second kappa shape index (κ2) is 13.1. The molecule has 58 heavy (non-hydrogen) atoms. The molecule has 1 N–H and O–H groups in total. The fourth-order valence-corrected chi connectivity index (χ4v) is 9.89. The molecule has 0 saturated heterocycles. The van der Waals surface area contributed by atoms with Crippen molar-refractivity contribution in [1.29, 1.82) is 0 Å². The summed E-state index contributed by atoms with van der Waals surface area (Å²) in [7, 11) is 0. The molecule has 3 heterocycles. The van der Waals surface area contributed by atoms with E-state index >= 15 is 0 Å². The van der Waals surface area contributed by atoms with E-state index < -0.39 is 0 Å². The topological polar surface area (TPSA) is 37.6 Å². The molecule has 4 nitrogen and oxygen atoms in total. The van der Waals surface area contributed by atoms with Gasteiger partial charge in [-0.2, -0.15) is 0 Å². The number of nitrogens with one attached hydrogen (secondary N) is 1. The first kappa shape index (κ1) is 32.9. The van der Waals surface area contributed by atoms with Crippen LogP contribution < -0.4 is 15.0 Å². The minimum atomic E-state index is -0.239. The SMILES string of the molecule is c1ccc(C2Nc3ccc4oc5cc(-c6ccc(N(c7ccc(-c8cccc9ccccc89)cc7)c7cccc8sc9ccccc9c78)cc6)ccc5c4c3O2)cc1. The van der Waals surface area contributed by atoms with Gasteiger partial charge in [-0.3, -0.25) is 0 Å². The number of ether oxygens (including phenoxy) is 1. The average molecular weight is 763 g/mol. The first-order chi connectivity index (χ1) is 28.7. The second-order valence-electron chi connectivity index (χ2n) is 14.9. The van der Waals surface area contributed by atoms with E-state index in [1.165, 1.54) is 42.1 Å². The van der Waals surface area contributed by atoms with Gasteiger partial charge in [0.15, 0.2) is 12.0 Å². The second-order valence-corrected chi connectivity index (χ2v) is 16.0. The van der Waals surface area contributed by atoms with Gasteiger partial charge >= 0.3 is 0 Å². The number of anilines is 4. The Morgan fingerprint density at radius 3 is 2.02 bits per heavy atom. The highest BCUT2D eigenvalue weighted by Crippen LogP contribution is 2.48. The number of furan rings is 1. The molecule has 5 heteroatoms. The number of rotatable bonds is 6. The Balaban J connectivity index is 0.936. The molecule has 274 valence electrons. The van der Waals surface area contributed by atoms with Crippen LogP contribution in [0.5, 0.6) is 5.75 Å². The highest BCUT2D eigenvalue weighted by molar-refractivity contribution is 7.26. The van der Waals surface area contributed by atoms with E-state index in [2.05, 4.69) is 174 Å². The van der Waals surface area contributed by atoms with Gasteiger partial charge in [-0.1, -0.05) is 127 Å². The molecule has 1 aliphatic rings. The summed E-state index contributed by atoms with van der Waals surface area (Å²) in [4.78, 5) is 2.40. The summed E-state index contributed by atoms with van der Waals surface area (Å²) in [5.74, 6) is 0.834. The first-order valence-electron chi connectivity index (χ1n) is 19.6. The summed E-state index contributed by atoms with van der Waals surface area (Å²) in [6.45, 7) is 0. The van der Waals surface area contributed by atoms with Gasteiger partial charge in [0.1, 0.15) is 11.2 Å². The Hall–Kier alpha value is -7.34. The fraction of sp³-hybridized carbons (Fsp3) is 0.0189. The van der Waals surface area contributed by atoms with Gasteiger partial charge in [-0.25, -0.2) is 0 Å². The Kier molecular flexibility index (Phi) is 7.43. The summed E-state index contributed by atoms with van der Waals surface area (Å²) in [5, 5.41) is 10.6. The lowest BCUT2D eigenvalue weighted by molar-refractivity contribution is 0.263. The van der Waals surface area contributed by atoms with Gasteiger partial charge in [-0.05, 0) is 99.8 Å². The van der Waals surface area contributed by atoms with Crippen LogP contribution in [0.2, 0.25) is 0 Å². The summed E-state index contributed by atoms with van der Waals surface area (Å²) in [5.41, 5.74) is 11.7. The summed E-state index contributed by atoms with van der Waals surface area (Å²) in [6.07, 6.45) is -0.239. The lowest BCUT2D eigenvalue weighted by atomic mass is 9.98. The minimum absolute atomic E-state index is 0.239. The van der Waals surface area contributed by atoms with Gasteiger partial charge in [-0.15, -0.1) is 11.3 Å². The average Bonchev–Trinajstić information content (AvgIpc) is 4.01. The van der Waals surface area contributed by atoms with E-state index in [1.54, 1.807) is 0 Å². The molecule has 1 atom stereocenters. The fourth-order valence-electron chi connectivity index (χ4n) is 8.76. The third-order valence-corrected chi connectivity index (χ3v) is 12.7. The van der Waals surface area contributed by atoms with Crippen molar-refractivity contribution in [3.05, 3.63) is 200 Å². The number of hydrogen-bond acceptors (Lipinski definition) is 5. The maximum Gasteiger partial charge on any atom is 0.196 e. The molecule has 0 saturated carbocycles. The maximum absolute atomic E-state index is 6.51. The van der Waals surface area contributed by atoms with Crippen molar-refractivity contribution in [2.24, 2.45) is 0 Å². The van der Waals surface area contributed by atoms with Crippen LogP contribution in [0.3, 0.4) is 0 Å². The predicted octanol–water partition coefficient (Wildman–Crippen LogP) is 15.4. The Bertz CT molecular complexity index is 3340. The molecular weight excluding hydrogens is 729 g/mol. The minimum Gasteiger partial charge on any atom is -0.464 e. The van der Waals surface area contributed by atoms with Gasteiger partial charge in [0.2, 0.25) is 0 Å². The van der Waals surface area contributed by atoms with Crippen molar-refractivity contribution in [2.45, 2.75) is 6.23 Å². The largest absolute Gasteiger partial charge is 0.464 e. The van der Waals surface area contributed by atoms with Gasteiger partial charge in [0, 0.05) is 42.5 Å². The van der Waals surface area contributed by atoms with E-state index in [0.29, 0.717) is 0 Å². The predicted molar refractivity (Wildman–Crippen MR) is 243 cm³/mol. The molecule has 0 aliphatic carbocycles. The van der Waals surface area contributed by atoms with Crippen LogP contribution in [0.25, 0.3) is 75.1 Å². The Labute approximate surface area is 338 Å². The molecule has 2 aromatic heterocycles. The molecule has 1 aliphatic heterocycles. The smallest absolute Gasteiger partial charge is 0.196 e. The number of hydrogen-bond donors (Lipinski definition) is 1. The van der Waals surface area contributed by atoms with Crippen LogP contribution in [0.15, 0.2) is 199 Å². The molecular formula is C53H34N2O2S. The molecule has 0 radical (unpaired) electrons. The summed E-state index contributed by atoms with van der Waals surface area (Å²) in [6, 6.07) is 69.3. The highest BCUT2D eigenvalue weighted by atomic mass is 32.1. The number of thiophene rings is 1. The Morgan fingerprint density at radius 2 is 1.17 bits per heavy atom. The van der Waals surface area contributed by atoms with Crippen LogP contribution in [0.1, 0.15) is 11.8 Å². The van der Waals surface area contributed by atoms with Gasteiger partial charge < -0.3 is 19.4 Å². The molecule has 12 rings (SSSR count). The standard InChI is InChI=1S/C53H34N2O2S/c1-2-11-36(12-3-1)53-54-44-30-31-46-51(52(44)57-53)42-29-24-37(32-47(42)56-46)33-20-25-38(26-21-33)55(45-17-9-19-49-50(45)43-15-6-7-18-48(43)58-49)39-27-22-35(23-28-39)41-16-8-13-34-10-4-5-14-40(34)41/h1-32,53-54H. The number of benzene rings is 9. The molecule has 0 fully saturated rings. The third-order valence-electron chi connectivity index (χ3n) is 11.5. The number of fused-ring (bicyclic) bond motifs is 9. The monoisotopic (exact) mass is 762 g/mol. The molecule has 0 bridgehead atoms. The van der Waals surface area contributed by atoms with Crippen LogP contribution in [-0.4, -0.2) is 0 Å². The normalized spacial score (nSPS) is 13.6. The van der Waals surface area contributed by atoms with Crippen molar-refractivity contribution in [1.82, 2.24) is 0 Å². The molecule has 11 aromatic rings. The summed E-state index contributed by atoms with van der Waals surface area (Å²) >= 11 is 1.84. The maximum atomic E-state index is 6.51. The van der Waals surface area contributed by atoms with Gasteiger partial charge in [0.25, 0.3) is 0 Å². The van der Waals surface area contributed by atoms with Crippen LogP contribution >= 0.6 is 11.3 Å². The van der Waals surface area contributed by atoms with Crippen molar-refractivity contribution < 1.29 is 9.15 Å².